The molecule has 1 fully saturated rings. The Kier molecular flexibility index (Phi) is 3.63. The Balaban J connectivity index is 1.84. The second-order valence-electron chi connectivity index (χ2n) is 5.64. The van der Waals surface area contributed by atoms with E-state index in [1.807, 2.05) is 24.3 Å². The monoisotopic (exact) mass is 329 g/mol. The number of aliphatic imine (C=N–C) groups is 1. The fourth-order valence-electron chi connectivity index (χ4n) is 2.72. The van der Waals surface area contributed by atoms with Gasteiger partial charge in [0.25, 0.3) is 0 Å². The van der Waals surface area contributed by atoms with Crippen molar-refractivity contribution in [2.24, 2.45) is 4.99 Å². The first-order valence-corrected chi connectivity index (χ1v) is 7.90. The minimum Gasteiger partial charge on any atom is -0.435 e. The zero-order valence-corrected chi connectivity index (χ0v) is 13.5. The smallest absolute Gasteiger partial charge is 0.249 e. The third-order valence-electron chi connectivity index (χ3n) is 4.02. The highest BCUT2D eigenvalue weighted by Crippen LogP contribution is 2.36. The number of hydrogen-bond donors (Lipinski definition) is 0. The minimum atomic E-state index is 0.333. The number of benzene rings is 1. The predicted molar refractivity (Wildman–Crippen MR) is 88.8 cm³/mol. The first-order chi connectivity index (χ1) is 11.2. The molecule has 0 bridgehead atoms. The molecule has 0 atom stereocenters. The van der Waals surface area contributed by atoms with Crippen LogP contribution in [0.1, 0.15) is 5.69 Å². The fraction of sp³-hybridized carbons (Fsp3) is 0.312. The fourth-order valence-corrected chi connectivity index (χ4v) is 2.86. The van der Waals surface area contributed by atoms with E-state index in [-0.39, 0.29) is 0 Å². The number of nitrogens with zero attached hydrogens (tertiary/aromatic N) is 5. The van der Waals surface area contributed by atoms with Gasteiger partial charge >= 0.3 is 0 Å². The van der Waals surface area contributed by atoms with E-state index in [0.717, 1.165) is 37.7 Å². The molecule has 0 radical (unpaired) electrons. The van der Waals surface area contributed by atoms with Crippen LogP contribution in [0.2, 0.25) is 5.15 Å². The normalized spacial score (nSPS) is 17.7. The van der Waals surface area contributed by atoms with E-state index in [0.29, 0.717) is 22.5 Å². The summed E-state index contributed by atoms with van der Waals surface area (Å²) in [7, 11) is 2.12. The zero-order valence-electron chi connectivity index (χ0n) is 12.7. The van der Waals surface area contributed by atoms with Crippen molar-refractivity contribution in [3.63, 3.8) is 0 Å². The highest BCUT2D eigenvalue weighted by molar-refractivity contribution is 6.29. The van der Waals surface area contributed by atoms with Crippen LogP contribution < -0.4 is 4.74 Å². The van der Waals surface area contributed by atoms with Crippen LogP contribution in [0.3, 0.4) is 0 Å². The molecular formula is C16H16ClN5O. The summed E-state index contributed by atoms with van der Waals surface area (Å²) in [5, 5.41) is 0.333. The molecule has 4 rings (SSSR count). The molecule has 118 valence electrons. The molecule has 0 unspecified atom stereocenters. The number of para-hydroxylation sites is 2. The maximum Gasteiger partial charge on any atom is 0.249 e. The van der Waals surface area contributed by atoms with Crippen LogP contribution in [0.15, 0.2) is 35.5 Å². The van der Waals surface area contributed by atoms with Gasteiger partial charge in [0.2, 0.25) is 5.88 Å². The van der Waals surface area contributed by atoms with Crippen molar-refractivity contribution in [1.29, 1.82) is 0 Å². The van der Waals surface area contributed by atoms with Crippen molar-refractivity contribution >= 4 is 23.1 Å². The van der Waals surface area contributed by atoms with Gasteiger partial charge in [0.05, 0.1) is 6.20 Å². The number of fused-ring (bicyclic) bond motifs is 2. The lowest BCUT2D eigenvalue weighted by molar-refractivity contribution is 0.215. The lowest BCUT2D eigenvalue weighted by Gasteiger charge is -2.34. The Hall–Kier alpha value is -2.18. The molecule has 0 amide bonds. The summed E-state index contributed by atoms with van der Waals surface area (Å²) in [5.41, 5.74) is 1.37. The Morgan fingerprint density at radius 1 is 1.13 bits per heavy atom. The summed E-state index contributed by atoms with van der Waals surface area (Å²) < 4.78 is 5.92. The zero-order chi connectivity index (χ0) is 15.8. The van der Waals surface area contributed by atoms with Crippen molar-refractivity contribution in [3.05, 3.63) is 41.3 Å². The number of hydrogen-bond acceptors (Lipinski definition) is 6. The number of aromatic nitrogens is 2. The van der Waals surface area contributed by atoms with Crippen LogP contribution in [-0.4, -0.2) is 58.8 Å². The van der Waals surface area contributed by atoms with Crippen LogP contribution in [0.4, 0.5) is 5.69 Å². The Labute approximate surface area is 139 Å². The predicted octanol–water partition coefficient (Wildman–Crippen LogP) is 2.56. The summed E-state index contributed by atoms with van der Waals surface area (Å²) in [5.74, 6) is 1.89. The Morgan fingerprint density at radius 3 is 2.74 bits per heavy atom. The third kappa shape index (κ3) is 2.75. The molecule has 23 heavy (non-hydrogen) atoms. The van der Waals surface area contributed by atoms with Gasteiger partial charge in [-0.3, -0.25) is 0 Å². The van der Waals surface area contributed by atoms with Gasteiger partial charge in [-0.25, -0.2) is 15.0 Å². The average Bonchev–Trinajstić information content (AvgIpc) is 2.72. The van der Waals surface area contributed by atoms with Crippen LogP contribution >= 0.6 is 11.6 Å². The number of piperazine rings is 1. The molecule has 0 saturated carbocycles. The first-order valence-electron chi connectivity index (χ1n) is 7.53. The number of halogens is 1. The average molecular weight is 330 g/mol. The molecule has 1 aromatic heterocycles. The van der Waals surface area contributed by atoms with Crippen LogP contribution in [0.5, 0.6) is 11.6 Å². The largest absolute Gasteiger partial charge is 0.435 e. The highest BCUT2D eigenvalue weighted by Gasteiger charge is 2.27. The van der Waals surface area contributed by atoms with E-state index in [2.05, 4.69) is 26.8 Å². The van der Waals surface area contributed by atoms with E-state index in [9.17, 15) is 0 Å². The highest BCUT2D eigenvalue weighted by atomic mass is 35.5. The van der Waals surface area contributed by atoms with E-state index in [4.69, 9.17) is 21.3 Å². The molecule has 7 heteroatoms. The van der Waals surface area contributed by atoms with Crippen LogP contribution in [-0.2, 0) is 0 Å². The van der Waals surface area contributed by atoms with Crippen molar-refractivity contribution in [2.75, 3.05) is 33.2 Å². The molecule has 0 N–H and O–H groups in total. The van der Waals surface area contributed by atoms with Crippen molar-refractivity contribution < 1.29 is 4.74 Å². The summed E-state index contributed by atoms with van der Waals surface area (Å²) in [6.07, 6.45) is 1.50. The van der Waals surface area contributed by atoms with E-state index < -0.39 is 0 Å². The summed E-state index contributed by atoms with van der Waals surface area (Å²) in [4.78, 5) is 18.0. The van der Waals surface area contributed by atoms with Crippen molar-refractivity contribution in [3.8, 4) is 11.6 Å². The molecular weight excluding hydrogens is 314 g/mol. The Bertz CT molecular complexity index is 771. The number of ether oxygens (including phenoxy) is 1. The summed E-state index contributed by atoms with van der Waals surface area (Å²) in [6, 6.07) is 7.67. The maximum atomic E-state index is 6.06. The van der Waals surface area contributed by atoms with Gasteiger partial charge in [-0.15, -0.1) is 0 Å². The van der Waals surface area contributed by atoms with E-state index >= 15 is 0 Å². The van der Waals surface area contributed by atoms with Crippen molar-refractivity contribution in [2.45, 2.75) is 0 Å². The summed E-state index contributed by atoms with van der Waals surface area (Å²) in [6.45, 7) is 3.71. The molecule has 2 aliphatic rings. The van der Waals surface area contributed by atoms with Gasteiger partial charge in [-0.2, -0.15) is 0 Å². The van der Waals surface area contributed by atoms with Gasteiger partial charge in [0.15, 0.2) is 17.3 Å². The van der Waals surface area contributed by atoms with E-state index in [1.165, 1.54) is 6.20 Å². The molecule has 0 spiro atoms. The maximum absolute atomic E-state index is 6.06. The number of amidine groups is 1. The first kappa shape index (κ1) is 14.4. The Morgan fingerprint density at radius 2 is 1.91 bits per heavy atom. The molecule has 0 aliphatic carbocycles. The summed E-state index contributed by atoms with van der Waals surface area (Å²) >= 11 is 6.06. The SMILES string of the molecule is CN1CCN(C2=Nc3ccccc3Oc3ncc(Cl)nc32)CC1. The molecule has 2 aliphatic heterocycles. The van der Waals surface area contributed by atoms with Crippen LogP contribution in [0, 0.1) is 0 Å². The van der Waals surface area contributed by atoms with Gasteiger partial charge < -0.3 is 14.5 Å². The van der Waals surface area contributed by atoms with Gasteiger partial charge in [-0.1, -0.05) is 23.7 Å². The van der Waals surface area contributed by atoms with Gasteiger partial charge in [0.1, 0.15) is 10.8 Å². The minimum absolute atomic E-state index is 0.333. The lowest BCUT2D eigenvalue weighted by atomic mass is 10.2. The molecule has 1 aromatic carbocycles. The second kappa shape index (κ2) is 5.79. The lowest BCUT2D eigenvalue weighted by Crippen LogP contribution is -2.47. The standard InChI is InChI=1S/C16H16ClN5O/c1-21-6-8-22(9-7-21)15-14-16(18-10-13(17)20-14)23-12-5-3-2-4-11(12)19-15/h2-5,10H,6-9H2,1H3. The van der Waals surface area contributed by atoms with Crippen LogP contribution in [0.25, 0.3) is 0 Å². The van der Waals surface area contributed by atoms with Crippen molar-refractivity contribution in [1.82, 2.24) is 19.8 Å². The second-order valence-corrected chi connectivity index (χ2v) is 6.03. The third-order valence-corrected chi connectivity index (χ3v) is 4.20. The molecule has 2 aromatic rings. The number of rotatable bonds is 0. The number of likely N-dealkylation sites (N-methyl/N-ethyl adjacent to an activating group) is 1. The van der Waals surface area contributed by atoms with Gasteiger partial charge in [-0.05, 0) is 19.2 Å². The quantitative estimate of drug-likeness (QED) is 0.743. The molecule has 1 saturated heterocycles. The molecule has 3 heterocycles. The van der Waals surface area contributed by atoms with E-state index in [1.54, 1.807) is 0 Å². The van der Waals surface area contributed by atoms with Gasteiger partial charge in [0, 0.05) is 26.2 Å². The molecule has 6 nitrogen and oxygen atoms in total. The topological polar surface area (TPSA) is 53.9 Å².